The van der Waals surface area contributed by atoms with E-state index in [2.05, 4.69) is 26.3 Å². The molecule has 12 nitrogen and oxygen atoms in total. The van der Waals surface area contributed by atoms with Crippen molar-refractivity contribution in [2.24, 2.45) is 10.2 Å². The minimum atomic E-state index is -4.64. The van der Waals surface area contributed by atoms with Crippen LogP contribution in [0.15, 0.2) is 34.5 Å². The Balaban J connectivity index is 0.00000384. The molecule has 0 amide bonds. The van der Waals surface area contributed by atoms with Crippen LogP contribution in [0.4, 0.5) is 5.82 Å². The Labute approximate surface area is 381 Å². The third-order valence-corrected chi connectivity index (χ3v) is 12.0. The molecule has 0 aliphatic heterocycles. The van der Waals surface area contributed by atoms with Crippen LogP contribution in [-0.2, 0) is 20.2 Å². The van der Waals surface area contributed by atoms with Crippen molar-refractivity contribution in [1.29, 1.82) is 5.26 Å². The summed E-state index contributed by atoms with van der Waals surface area (Å²) < 4.78 is 69.7. The number of benzene rings is 1. The maximum absolute atomic E-state index is 11.8. The van der Waals surface area contributed by atoms with Crippen LogP contribution in [0.1, 0.15) is 57.1 Å². The van der Waals surface area contributed by atoms with Gasteiger partial charge in [-0.3, -0.25) is 0 Å². The van der Waals surface area contributed by atoms with Gasteiger partial charge in [-0.25, -0.2) is 21.5 Å². The number of alkyl halides is 3. The Morgan fingerprint density at radius 3 is 2.21 bits per heavy atom. The molecular formula is C27H32Cl4K2N6O6S2. The van der Waals surface area contributed by atoms with E-state index in [0.29, 0.717) is 42.9 Å². The van der Waals surface area contributed by atoms with Gasteiger partial charge in [-0.05, 0) is 57.7 Å². The molecule has 0 radical (unpaired) electrons. The molecule has 0 saturated heterocycles. The molecule has 0 spiro atoms. The van der Waals surface area contributed by atoms with Crippen molar-refractivity contribution in [2.45, 2.75) is 85.0 Å². The number of nitrogens with zero attached hydrogens (tertiary/aromatic N) is 6. The summed E-state index contributed by atoms with van der Waals surface area (Å²) >= 11 is 26.5. The van der Waals surface area contributed by atoms with E-state index in [1.807, 2.05) is 6.92 Å². The Hall–Kier alpha value is 1.73. The minimum absolute atomic E-state index is 0. The van der Waals surface area contributed by atoms with E-state index in [0.717, 1.165) is 0 Å². The average Bonchev–Trinajstić information content (AvgIpc) is 3.31. The molecule has 5 unspecified atom stereocenters. The van der Waals surface area contributed by atoms with E-state index in [1.165, 1.54) is 4.68 Å². The number of azo groups is 1. The molecule has 248 valence electrons. The van der Waals surface area contributed by atoms with Gasteiger partial charge in [0, 0.05) is 17.4 Å². The summed E-state index contributed by atoms with van der Waals surface area (Å²) in [6, 6.07) is 7.74. The first-order chi connectivity index (χ1) is 21.1. The summed E-state index contributed by atoms with van der Waals surface area (Å²) in [7, 11) is -8.93. The molecule has 2 aliphatic carbocycles. The first kappa shape index (κ1) is 44.9. The number of aromatic nitrogens is 2. The van der Waals surface area contributed by atoms with E-state index in [-0.39, 0.29) is 145 Å². The average molecular weight is 821 g/mol. The molecule has 2 aliphatic rings. The van der Waals surface area contributed by atoms with Gasteiger partial charge in [-0.15, -0.1) is 39.9 Å². The van der Waals surface area contributed by atoms with Gasteiger partial charge < -0.3 is 14.0 Å². The summed E-state index contributed by atoms with van der Waals surface area (Å²) in [6.45, 7) is 3.06. The second kappa shape index (κ2) is 19.7. The van der Waals surface area contributed by atoms with Crippen molar-refractivity contribution in [3.8, 4) is 17.3 Å². The van der Waals surface area contributed by atoms with Gasteiger partial charge in [0.1, 0.15) is 17.3 Å². The maximum atomic E-state index is 11.8. The van der Waals surface area contributed by atoms with Crippen LogP contribution in [0.3, 0.4) is 0 Å². The van der Waals surface area contributed by atoms with Crippen LogP contribution in [0.25, 0.3) is 11.3 Å². The molecule has 1 heterocycles. The van der Waals surface area contributed by atoms with E-state index in [1.54, 1.807) is 24.3 Å². The zero-order chi connectivity index (χ0) is 33.1. The molecule has 2 fully saturated rings. The Kier molecular flexibility index (Phi) is 18.8. The van der Waals surface area contributed by atoms with Crippen molar-refractivity contribution >= 4 is 72.5 Å². The number of rotatable bonds is 11. The summed E-state index contributed by atoms with van der Waals surface area (Å²) in [5.74, 6) is -0.375. The molecule has 5 atom stereocenters. The fourth-order valence-corrected chi connectivity index (χ4v) is 9.29. The Bertz CT molecular complexity index is 1650. The molecule has 47 heavy (non-hydrogen) atoms. The Morgan fingerprint density at radius 2 is 1.68 bits per heavy atom. The van der Waals surface area contributed by atoms with E-state index in [9.17, 15) is 31.2 Å². The smallest absolute Gasteiger partial charge is 0.748 e. The first-order valence-electron chi connectivity index (χ1n) is 14.4. The van der Waals surface area contributed by atoms with Gasteiger partial charge in [0.2, 0.25) is 0 Å². The monoisotopic (exact) mass is 818 g/mol. The van der Waals surface area contributed by atoms with Crippen LogP contribution >= 0.6 is 46.4 Å². The number of halogens is 4. The predicted octanol–water partition coefficient (Wildman–Crippen LogP) is -0.584. The quantitative estimate of drug-likeness (QED) is 0.124. The van der Waals surface area contributed by atoms with Crippen molar-refractivity contribution in [3.05, 3.63) is 34.9 Å². The molecule has 2 saturated carbocycles. The molecule has 0 N–H and O–H groups in total. The van der Waals surface area contributed by atoms with Gasteiger partial charge in [-0.2, -0.15) is 15.5 Å². The third kappa shape index (κ3) is 11.9. The summed E-state index contributed by atoms with van der Waals surface area (Å²) in [4.78, 5) is 2.10. The van der Waals surface area contributed by atoms with Gasteiger partial charge in [-0.1, -0.05) is 36.7 Å². The summed E-state index contributed by atoms with van der Waals surface area (Å²) in [6.07, 6.45) is 1.69. The Morgan fingerprint density at radius 1 is 1.04 bits per heavy atom. The van der Waals surface area contributed by atoms with Crippen LogP contribution < -0.4 is 103 Å². The molecule has 1 aromatic heterocycles. The SMILES string of the molecule is CCN(CCCS(=O)(=O)[O-])C1CCC(N=Nc2c(C#N)c(-c3ccccc3Cl)nn2C2C(Cl)CC(S(=O)(=O)[O-])CC2Cl)C(Cl)C1.[K+].[K+]. The fourth-order valence-electron chi connectivity index (χ4n) is 6.03. The molecular weight excluding hydrogens is 788 g/mol. The maximum Gasteiger partial charge on any atom is 1.00 e. The van der Waals surface area contributed by atoms with Crippen LogP contribution in [0.5, 0.6) is 0 Å². The van der Waals surface area contributed by atoms with Crippen molar-refractivity contribution in [2.75, 3.05) is 18.8 Å². The van der Waals surface area contributed by atoms with Gasteiger partial charge in [0.25, 0.3) is 0 Å². The molecule has 2 aromatic rings. The number of hydrogen-bond acceptors (Lipinski definition) is 11. The zero-order valence-corrected chi connectivity index (χ0v) is 37.1. The second-order valence-corrected chi connectivity index (χ2v) is 16.5. The normalized spacial score (nSPS) is 26.8. The van der Waals surface area contributed by atoms with E-state index < -0.39 is 59.5 Å². The fraction of sp³-hybridized carbons (Fsp3) is 0.630. The number of nitriles is 1. The van der Waals surface area contributed by atoms with Gasteiger partial charge in [0.15, 0.2) is 5.82 Å². The van der Waals surface area contributed by atoms with Gasteiger partial charge in [0.05, 0.1) is 58.7 Å². The second-order valence-electron chi connectivity index (χ2n) is 11.2. The summed E-state index contributed by atoms with van der Waals surface area (Å²) in [5.41, 5.74) is 0.732. The van der Waals surface area contributed by atoms with Crippen LogP contribution in [0, 0.1) is 11.3 Å². The van der Waals surface area contributed by atoms with Crippen LogP contribution in [0.2, 0.25) is 5.02 Å². The third-order valence-electron chi connectivity index (χ3n) is 8.31. The molecule has 20 heteroatoms. The first-order valence-corrected chi connectivity index (χ1v) is 19.1. The van der Waals surface area contributed by atoms with Crippen molar-refractivity contribution < 1.29 is 129 Å². The zero-order valence-electron chi connectivity index (χ0n) is 26.2. The topological polar surface area (TPSA) is 184 Å². The van der Waals surface area contributed by atoms with Gasteiger partial charge >= 0.3 is 103 Å². The van der Waals surface area contributed by atoms with Crippen molar-refractivity contribution in [3.63, 3.8) is 0 Å². The molecule has 0 bridgehead atoms. The molecule has 4 rings (SSSR count). The largest absolute Gasteiger partial charge is 1.00 e. The number of hydrogen-bond donors (Lipinski definition) is 0. The minimum Gasteiger partial charge on any atom is -0.748 e. The van der Waals surface area contributed by atoms with Crippen LogP contribution in [-0.4, -0.2) is 92.9 Å². The van der Waals surface area contributed by atoms with Crippen molar-refractivity contribution in [1.82, 2.24) is 14.7 Å². The standard InChI is InChI=1S/C27H34Cl4N6O6S2.2K/c1-2-36(10-5-11-44(38,39)40)16-8-9-24(21(29)12-16)33-34-27-19(15-32)25(18-6-3-4-7-20(18)28)35-37(27)26-22(30)13-17(14-23(26)31)45(41,42)43;;/h3-4,6-7,16-17,21-24,26H,2,5,8-14H2,1H3,(H,38,39,40)(H,41,42,43);;/q;2*+1/p-2. The summed E-state index contributed by atoms with van der Waals surface area (Å²) in [5, 5.41) is 20.7. The van der Waals surface area contributed by atoms with E-state index in [4.69, 9.17) is 46.4 Å². The predicted molar refractivity (Wildman–Crippen MR) is 170 cm³/mol. The van der Waals surface area contributed by atoms with E-state index >= 15 is 0 Å². The molecule has 1 aromatic carbocycles.